The van der Waals surface area contributed by atoms with Gasteiger partial charge in [0.2, 0.25) is 11.8 Å². The molecule has 19 heavy (non-hydrogen) atoms. The highest BCUT2D eigenvalue weighted by Gasteiger charge is 2.25. The van der Waals surface area contributed by atoms with Crippen LogP contribution in [0.1, 0.15) is 37.3 Å². The van der Waals surface area contributed by atoms with Crippen LogP contribution >= 0.6 is 0 Å². The van der Waals surface area contributed by atoms with Crippen molar-refractivity contribution in [3.8, 4) is 0 Å². The summed E-state index contributed by atoms with van der Waals surface area (Å²) in [7, 11) is 0. The van der Waals surface area contributed by atoms with Gasteiger partial charge >= 0.3 is 0 Å². The van der Waals surface area contributed by atoms with E-state index in [0.29, 0.717) is 12.8 Å². The molecule has 0 aliphatic carbocycles. The van der Waals surface area contributed by atoms with Gasteiger partial charge in [0, 0.05) is 18.5 Å². The van der Waals surface area contributed by atoms with E-state index in [-0.39, 0.29) is 12.5 Å². The van der Waals surface area contributed by atoms with Gasteiger partial charge in [0.15, 0.2) is 0 Å². The molecule has 0 spiro atoms. The van der Waals surface area contributed by atoms with Crippen LogP contribution in [-0.2, 0) is 16.0 Å². The highest BCUT2D eigenvalue weighted by molar-refractivity contribution is 5.82. The summed E-state index contributed by atoms with van der Waals surface area (Å²) in [5.74, 6) is 0.190. The number of hydrogen-bond acceptors (Lipinski definition) is 4. The maximum absolute atomic E-state index is 11.7. The molecule has 0 saturated carbocycles. The van der Waals surface area contributed by atoms with Gasteiger partial charge < -0.3 is 15.6 Å². The first-order valence-electron chi connectivity index (χ1n) is 6.22. The number of hydrogen-bond donors (Lipinski definition) is 2. The van der Waals surface area contributed by atoms with Gasteiger partial charge in [0.05, 0.1) is 11.1 Å². The van der Waals surface area contributed by atoms with E-state index in [2.05, 4.69) is 10.5 Å². The van der Waals surface area contributed by atoms with E-state index in [1.54, 1.807) is 13.8 Å². The van der Waals surface area contributed by atoms with Crippen molar-refractivity contribution in [1.82, 2.24) is 10.5 Å². The van der Waals surface area contributed by atoms with E-state index in [1.165, 1.54) is 0 Å². The lowest BCUT2D eigenvalue weighted by Crippen LogP contribution is -2.42. The zero-order valence-electron chi connectivity index (χ0n) is 11.9. The maximum Gasteiger partial charge on any atom is 0.224 e. The van der Waals surface area contributed by atoms with Gasteiger partial charge in [0.25, 0.3) is 0 Å². The monoisotopic (exact) mass is 267 g/mol. The average molecular weight is 267 g/mol. The Labute approximate surface area is 112 Å². The highest BCUT2D eigenvalue weighted by atomic mass is 16.5. The fourth-order valence-electron chi connectivity index (χ4n) is 1.59. The minimum atomic E-state index is -0.737. The van der Waals surface area contributed by atoms with Crippen LogP contribution in [0, 0.1) is 19.3 Å². The van der Waals surface area contributed by atoms with Crippen LogP contribution in [0.2, 0.25) is 0 Å². The number of primary amides is 1. The second-order valence-corrected chi connectivity index (χ2v) is 5.33. The molecule has 1 heterocycles. The Balaban J connectivity index is 2.43. The van der Waals surface area contributed by atoms with Crippen LogP contribution in [-0.4, -0.2) is 23.5 Å². The first-order chi connectivity index (χ1) is 8.74. The molecule has 0 atom stereocenters. The Hall–Kier alpha value is -1.85. The number of aromatic nitrogens is 1. The number of nitrogens with one attached hydrogen (secondary N) is 1. The second-order valence-electron chi connectivity index (χ2n) is 5.33. The van der Waals surface area contributed by atoms with E-state index >= 15 is 0 Å². The first kappa shape index (κ1) is 15.2. The summed E-state index contributed by atoms with van der Waals surface area (Å²) in [6.45, 7) is 7.31. The average Bonchev–Trinajstić information content (AvgIpc) is 2.64. The summed E-state index contributed by atoms with van der Waals surface area (Å²) in [6.07, 6.45) is 0.904. The smallest absolute Gasteiger partial charge is 0.224 e. The molecular formula is C13H21N3O3. The van der Waals surface area contributed by atoms with Gasteiger partial charge in [-0.3, -0.25) is 9.59 Å². The Kier molecular flexibility index (Phi) is 4.69. The topological polar surface area (TPSA) is 98.2 Å². The number of carbonyl (C=O) groups excluding carboxylic acids is 2. The molecule has 6 heteroatoms. The van der Waals surface area contributed by atoms with Crippen molar-refractivity contribution in [3.63, 3.8) is 0 Å². The molecule has 6 nitrogen and oxygen atoms in total. The first-order valence-corrected chi connectivity index (χ1v) is 6.22. The van der Waals surface area contributed by atoms with E-state index in [9.17, 15) is 9.59 Å². The van der Waals surface area contributed by atoms with E-state index in [4.69, 9.17) is 10.3 Å². The predicted octanol–water partition coefficient (Wildman–Crippen LogP) is 0.852. The van der Waals surface area contributed by atoms with Gasteiger partial charge in [0.1, 0.15) is 5.76 Å². The van der Waals surface area contributed by atoms with Gasteiger partial charge in [-0.2, -0.15) is 0 Å². The molecule has 0 saturated heterocycles. The van der Waals surface area contributed by atoms with Gasteiger partial charge in [-0.1, -0.05) is 5.16 Å². The third-order valence-electron chi connectivity index (χ3n) is 3.18. The minimum Gasteiger partial charge on any atom is -0.369 e. The van der Waals surface area contributed by atoms with Crippen LogP contribution in [0.3, 0.4) is 0 Å². The molecule has 1 aromatic heterocycles. The zero-order valence-corrected chi connectivity index (χ0v) is 11.9. The number of nitrogens with two attached hydrogens (primary N) is 1. The van der Waals surface area contributed by atoms with Crippen LogP contribution in [0.5, 0.6) is 0 Å². The highest BCUT2D eigenvalue weighted by Crippen LogP contribution is 2.15. The van der Waals surface area contributed by atoms with Gasteiger partial charge in [-0.15, -0.1) is 0 Å². The fourth-order valence-corrected chi connectivity index (χ4v) is 1.59. The van der Waals surface area contributed by atoms with Crippen molar-refractivity contribution in [1.29, 1.82) is 0 Å². The van der Waals surface area contributed by atoms with Crippen molar-refractivity contribution in [3.05, 3.63) is 17.0 Å². The van der Waals surface area contributed by atoms with Crippen molar-refractivity contribution < 1.29 is 14.1 Å². The quantitative estimate of drug-likeness (QED) is 0.798. The SMILES string of the molecule is Cc1noc(C)c1CCC(=O)NCC(C)(C)C(N)=O. The summed E-state index contributed by atoms with van der Waals surface area (Å²) in [5, 5.41) is 6.55. The van der Waals surface area contributed by atoms with E-state index in [0.717, 1.165) is 17.0 Å². The summed E-state index contributed by atoms with van der Waals surface area (Å²) in [5.41, 5.74) is 6.27. The standard InChI is InChI=1S/C13H21N3O3/c1-8-10(9(2)19-16-8)5-6-11(17)15-7-13(3,4)12(14)18/h5-7H2,1-4H3,(H2,14,18)(H,15,17). The third kappa shape index (κ3) is 4.08. The Morgan fingerprint density at radius 2 is 2.00 bits per heavy atom. The van der Waals surface area contributed by atoms with Crippen molar-refractivity contribution in [2.24, 2.45) is 11.1 Å². The normalized spacial score (nSPS) is 11.4. The minimum absolute atomic E-state index is 0.116. The Morgan fingerprint density at radius 3 is 2.47 bits per heavy atom. The summed E-state index contributed by atoms with van der Waals surface area (Å²) < 4.78 is 5.03. The summed E-state index contributed by atoms with van der Waals surface area (Å²) in [4.78, 5) is 22.8. The van der Waals surface area contributed by atoms with E-state index < -0.39 is 11.3 Å². The summed E-state index contributed by atoms with van der Waals surface area (Å²) >= 11 is 0. The largest absolute Gasteiger partial charge is 0.369 e. The Morgan fingerprint density at radius 1 is 1.37 bits per heavy atom. The molecule has 0 unspecified atom stereocenters. The summed E-state index contributed by atoms with van der Waals surface area (Å²) in [6, 6.07) is 0. The van der Waals surface area contributed by atoms with E-state index in [1.807, 2.05) is 13.8 Å². The molecule has 0 fully saturated rings. The molecule has 0 aromatic carbocycles. The third-order valence-corrected chi connectivity index (χ3v) is 3.18. The number of carbonyl (C=O) groups is 2. The predicted molar refractivity (Wildman–Crippen MR) is 70.3 cm³/mol. The maximum atomic E-state index is 11.7. The molecular weight excluding hydrogens is 246 g/mol. The van der Waals surface area contributed by atoms with Crippen molar-refractivity contribution in [2.75, 3.05) is 6.54 Å². The molecule has 0 aliphatic heterocycles. The lowest BCUT2D eigenvalue weighted by atomic mass is 9.92. The number of nitrogens with zero attached hydrogens (tertiary/aromatic N) is 1. The van der Waals surface area contributed by atoms with Gasteiger partial charge in [-0.05, 0) is 34.1 Å². The lowest BCUT2D eigenvalue weighted by molar-refractivity contribution is -0.127. The zero-order chi connectivity index (χ0) is 14.6. The molecule has 1 aromatic rings. The Bertz CT molecular complexity index is 458. The molecule has 0 aliphatic rings. The number of amides is 2. The molecule has 1 rings (SSSR count). The number of rotatable bonds is 6. The molecule has 3 N–H and O–H groups in total. The molecule has 0 radical (unpaired) electrons. The van der Waals surface area contributed by atoms with Crippen LogP contribution < -0.4 is 11.1 Å². The second kappa shape index (κ2) is 5.86. The fraction of sp³-hybridized carbons (Fsp3) is 0.615. The van der Waals surface area contributed by atoms with Crippen LogP contribution in [0.25, 0.3) is 0 Å². The van der Waals surface area contributed by atoms with Crippen LogP contribution in [0.15, 0.2) is 4.52 Å². The van der Waals surface area contributed by atoms with Crippen molar-refractivity contribution >= 4 is 11.8 Å². The lowest BCUT2D eigenvalue weighted by Gasteiger charge is -2.20. The van der Waals surface area contributed by atoms with Crippen molar-refractivity contribution in [2.45, 2.75) is 40.5 Å². The van der Waals surface area contributed by atoms with Crippen LogP contribution in [0.4, 0.5) is 0 Å². The number of aryl methyl sites for hydroxylation is 2. The molecule has 106 valence electrons. The molecule has 0 bridgehead atoms. The molecule has 2 amide bonds. The van der Waals surface area contributed by atoms with Gasteiger partial charge in [-0.25, -0.2) is 0 Å².